The Balaban J connectivity index is 1.19. The number of carbonyl (C=O) groups is 1. The summed E-state index contributed by atoms with van der Waals surface area (Å²) < 4.78 is 6.30. The molecular formula is C33H34N6O2. The van der Waals surface area contributed by atoms with E-state index in [1.54, 1.807) is 18.6 Å². The van der Waals surface area contributed by atoms with Gasteiger partial charge in [-0.2, -0.15) is 4.98 Å². The van der Waals surface area contributed by atoms with Gasteiger partial charge in [-0.15, -0.1) is 0 Å². The first-order valence-corrected chi connectivity index (χ1v) is 14.0. The van der Waals surface area contributed by atoms with Crippen molar-refractivity contribution in [1.29, 1.82) is 0 Å². The van der Waals surface area contributed by atoms with Crippen molar-refractivity contribution in [2.75, 3.05) is 33.2 Å². The summed E-state index contributed by atoms with van der Waals surface area (Å²) >= 11 is 0. The van der Waals surface area contributed by atoms with E-state index in [1.165, 1.54) is 5.56 Å². The van der Waals surface area contributed by atoms with Gasteiger partial charge in [-0.25, -0.2) is 4.98 Å². The number of Topliss-reactive ketones (excluding diaryl/α,β-unsaturated/α-hetero) is 1. The van der Waals surface area contributed by atoms with Crippen LogP contribution >= 0.6 is 0 Å². The van der Waals surface area contributed by atoms with Crippen molar-refractivity contribution in [2.24, 2.45) is 4.99 Å². The largest absolute Gasteiger partial charge is 0.438 e. The van der Waals surface area contributed by atoms with Crippen molar-refractivity contribution >= 4 is 12.0 Å². The molecule has 1 saturated heterocycles. The van der Waals surface area contributed by atoms with Crippen LogP contribution in [-0.2, 0) is 19.5 Å². The van der Waals surface area contributed by atoms with Gasteiger partial charge in [0.1, 0.15) is 5.75 Å². The Morgan fingerprint density at radius 3 is 2.49 bits per heavy atom. The van der Waals surface area contributed by atoms with Crippen LogP contribution < -0.4 is 4.74 Å². The Hall–Kier alpha value is -4.27. The predicted molar refractivity (Wildman–Crippen MR) is 160 cm³/mol. The number of fused-ring (bicyclic) bond motifs is 1. The molecular weight excluding hydrogens is 512 g/mol. The quantitative estimate of drug-likeness (QED) is 0.286. The van der Waals surface area contributed by atoms with Gasteiger partial charge in [0.15, 0.2) is 11.6 Å². The number of carbonyl (C=O) groups excluding carboxylic acids is 1. The average Bonchev–Trinajstić information content (AvgIpc) is 3.47. The third-order valence-corrected chi connectivity index (χ3v) is 7.93. The summed E-state index contributed by atoms with van der Waals surface area (Å²) in [4.78, 5) is 36.1. The molecule has 2 aromatic carbocycles. The molecule has 2 aliphatic rings. The van der Waals surface area contributed by atoms with E-state index in [0.717, 1.165) is 71.8 Å². The highest BCUT2D eigenvalue weighted by Gasteiger charge is 2.20. The molecule has 2 aromatic heterocycles. The third-order valence-electron chi connectivity index (χ3n) is 7.93. The van der Waals surface area contributed by atoms with Gasteiger partial charge in [0.2, 0.25) is 5.88 Å². The van der Waals surface area contributed by atoms with E-state index in [9.17, 15) is 4.79 Å². The van der Waals surface area contributed by atoms with Gasteiger partial charge in [-0.1, -0.05) is 18.2 Å². The molecule has 8 heteroatoms. The fourth-order valence-corrected chi connectivity index (χ4v) is 5.26. The molecule has 0 N–H and O–H groups in total. The van der Waals surface area contributed by atoms with Crippen LogP contribution in [0.5, 0.6) is 11.6 Å². The van der Waals surface area contributed by atoms with E-state index in [-0.39, 0.29) is 5.78 Å². The standard InChI is InChI=1S/C33H34N6O2/c1-22-4-7-28(41-33-29-19-35-20-30(29)36-32(37-33)24-8-10-34-11-9-24)17-27(22)18-31(40)25-5-6-26(23(2)16-25)21-39-14-12-38(3)13-15-39/h4-11,16-17,19H,12-15,18,20-21H2,1-3H3. The highest BCUT2D eigenvalue weighted by Crippen LogP contribution is 2.31. The molecule has 4 aromatic rings. The lowest BCUT2D eigenvalue weighted by Gasteiger charge is -2.32. The number of nitrogens with zero attached hydrogens (tertiary/aromatic N) is 6. The zero-order valence-corrected chi connectivity index (χ0v) is 23.8. The van der Waals surface area contributed by atoms with Crippen LogP contribution in [0.3, 0.4) is 0 Å². The van der Waals surface area contributed by atoms with Gasteiger partial charge in [-0.3, -0.25) is 19.7 Å². The molecule has 41 heavy (non-hydrogen) atoms. The van der Waals surface area contributed by atoms with Crippen molar-refractivity contribution < 1.29 is 9.53 Å². The first-order valence-electron chi connectivity index (χ1n) is 14.0. The van der Waals surface area contributed by atoms with Gasteiger partial charge in [0.05, 0.1) is 17.8 Å². The lowest BCUT2D eigenvalue weighted by atomic mass is 9.96. The summed E-state index contributed by atoms with van der Waals surface area (Å²) in [7, 11) is 2.17. The highest BCUT2D eigenvalue weighted by atomic mass is 16.5. The number of hydrogen-bond acceptors (Lipinski definition) is 8. The number of aliphatic imine (C=N–C) groups is 1. The molecule has 8 nitrogen and oxygen atoms in total. The van der Waals surface area contributed by atoms with Crippen molar-refractivity contribution in [3.8, 4) is 23.0 Å². The summed E-state index contributed by atoms with van der Waals surface area (Å²) in [5.41, 5.74) is 7.63. The van der Waals surface area contributed by atoms with Crippen LogP contribution in [0.15, 0.2) is 65.9 Å². The molecule has 0 unspecified atom stereocenters. The number of aromatic nitrogens is 3. The first-order chi connectivity index (χ1) is 19.9. The fourth-order valence-electron chi connectivity index (χ4n) is 5.26. The Morgan fingerprint density at radius 1 is 0.902 bits per heavy atom. The van der Waals surface area contributed by atoms with E-state index in [2.05, 4.69) is 44.8 Å². The molecule has 0 amide bonds. The van der Waals surface area contributed by atoms with Crippen LogP contribution in [0.2, 0.25) is 0 Å². The third kappa shape index (κ3) is 6.09. The summed E-state index contributed by atoms with van der Waals surface area (Å²) in [6.07, 6.45) is 5.49. The van der Waals surface area contributed by atoms with E-state index < -0.39 is 0 Å². The van der Waals surface area contributed by atoms with Crippen molar-refractivity contribution in [3.05, 3.63) is 100.0 Å². The van der Waals surface area contributed by atoms with Crippen molar-refractivity contribution in [3.63, 3.8) is 0 Å². The predicted octanol–water partition coefficient (Wildman–Crippen LogP) is 5.05. The monoisotopic (exact) mass is 546 g/mol. The average molecular weight is 547 g/mol. The molecule has 4 heterocycles. The second-order valence-corrected chi connectivity index (χ2v) is 10.9. The number of likely N-dealkylation sites (N-methyl/N-ethyl adjacent to an activating group) is 1. The Morgan fingerprint density at radius 2 is 1.71 bits per heavy atom. The maximum atomic E-state index is 13.4. The Kier molecular flexibility index (Phi) is 7.67. The highest BCUT2D eigenvalue weighted by molar-refractivity contribution is 5.98. The lowest BCUT2D eigenvalue weighted by molar-refractivity contribution is 0.0992. The number of benzene rings is 2. The number of aryl methyl sites for hydroxylation is 2. The minimum atomic E-state index is 0.0922. The Bertz CT molecular complexity index is 1610. The van der Waals surface area contributed by atoms with E-state index in [0.29, 0.717) is 30.4 Å². The van der Waals surface area contributed by atoms with Gasteiger partial charge < -0.3 is 9.64 Å². The molecule has 0 aliphatic carbocycles. The lowest BCUT2D eigenvalue weighted by Crippen LogP contribution is -2.43. The number of ether oxygens (including phenoxy) is 1. The van der Waals surface area contributed by atoms with E-state index in [4.69, 9.17) is 9.72 Å². The zero-order chi connectivity index (χ0) is 28.3. The normalized spacial score (nSPS) is 15.2. The fraction of sp³-hybridized carbons (Fsp3) is 0.303. The second kappa shape index (κ2) is 11.7. The van der Waals surface area contributed by atoms with Crippen molar-refractivity contribution in [2.45, 2.75) is 33.4 Å². The van der Waals surface area contributed by atoms with Gasteiger partial charge in [-0.05, 0) is 73.5 Å². The van der Waals surface area contributed by atoms with Gasteiger partial charge in [0, 0.05) is 68.9 Å². The summed E-state index contributed by atoms with van der Waals surface area (Å²) in [5, 5.41) is 0. The van der Waals surface area contributed by atoms with Crippen LogP contribution in [0, 0.1) is 13.8 Å². The van der Waals surface area contributed by atoms with Crippen LogP contribution in [-0.4, -0.2) is 70.0 Å². The summed E-state index contributed by atoms with van der Waals surface area (Å²) in [6, 6.07) is 15.7. The molecule has 0 spiro atoms. The van der Waals surface area contributed by atoms with E-state index in [1.807, 2.05) is 49.4 Å². The second-order valence-electron chi connectivity index (χ2n) is 10.9. The van der Waals surface area contributed by atoms with Crippen LogP contribution in [0.25, 0.3) is 11.4 Å². The smallest absolute Gasteiger partial charge is 0.232 e. The first kappa shape index (κ1) is 26.9. The maximum Gasteiger partial charge on any atom is 0.232 e. The molecule has 0 radical (unpaired) electrons. The molecule has 0 atom stereocenters. The number of pyridine rings is 1. The minimum Gasteiger partial charge on any atom is -0.438 e. The SMILES string of the molecule is Cc1ccc(Oc2nc(-c3ccncc3)nc3c2C=NC3)cc1CC(=O)c1ccc(CN2CCN(C)CC2)c(C)c1. The molecule has 0 bridgehead atoms. The molecule has 6 rings (SSSR count). The molecule has 208 valence electrons. The van der Waals surface area contributed by atoms with Gasteiger partial charge >= 0.3 is 0 Å². The number of piperazine rings is 1. The summed E-state index contributed by atoms with van der Waals surface area (Å²) in [6.45, 7) is 9.88. The van der Waals surface area contributed by atoms with Crippen molar-refractivity contribution in [1.82, 2.24) is 24.8 Å². The van der Waals surface area contributed by atoms with Crippen LogP contribution in [0.1, 0.15) is 43.9 Å². The maximum absolute atomic E-state index is 13.4. The molecule has 1 fully saturated rings. The minimum absolute atomic E-state index is 0.0922. The van der Waals surface area contributed by atoms with Gasteiger partial charge in [0.25, 0.3) is 0 Å². The Labute approximate surface area is 240 Å². The zero-order valence-electron chi connectivity index (χ0n) is 23.8. The topological polar surface area (TPSA) is 83.8 Å². The molecule has 2 aliphatic heterocycles. The van der Waals surface area contributed by atoms with E-state index >= 15 is 0 Å². The number of ketones is 1. The number of rotatable bonds is 8. The number of hydrogen-bond donors (Lipinski definition) is 0. The molecule has 0 saturated carbocycles. The summed E-state index contributed by atoms with van der Waals surface area (Å²) in [5.74, 6) is 1.74. The van der Waals surface area contributed by atoms with Crippen LogP contribution in [0.4, 0.5) is 0 Å².